The fourth-order valence-corrected chi connectivity index (χ4v) is 2.32. The average Bonchev–Trinajstić information content (AvgIpc) is 2.64. The fourth-order valence-electron chi connectivity index (χ4n) is 2.32. The molecule has 2 aromatic carbocycles. The summed E-state index contributed by atoms with van der Waals surface area (Å²) in [5.41, 5.74) is 2.13. The van der Waals surface area contributed by atoms with Crippen LogP contribution >= 0.6 is 0 Å². The maximum absolute atomic E-state index is 10.9. The molecule has 4 nitrogen and oxygen atoms in total. The number of aldehydes is 1. The SMILES string of the molecule is COc1ccc(CO[C@H](CC=O)[C@H](C)OCc2ccccc2)cc1. The molecule has 0 radical (unpaired) electrons. The minimum absolute atomic E-state index is 0.173. The van der Waals surface area contributed by atoms with Crippen LogP contribution < -0.4 is 4.74 Å². The first-order valence-electron chi connectivity index (χ1n) is 8.06. The molecule has 2 aromatic rings. The highest BCUT2D eigenvalue weighted by molar-refractivity contribution is 5.50. The van der Waals surface area contributed by atoms with E-state index in [1.807, 2.05) is 61.5 Å². The molecule has 0 unspecified atom stereocenters. The summed E-state index contributed by atoms with van der Waals surface area (Å²) in [7, 11) is 1.64. The Labute approximate surface area is 143 Å². The molecule has 2 rings (SSSR count). The van der Waals surface area contributed by atoms with E-state index in [1.54, 1.807) is 7.11 Å². The van der Waals surface area contributed by atoms with Crippen LogP contribution in [0.25, 0.3) is 0 Å². The summed E-state index contributed by atoms with van der Waals surface area (Å²) in [5, 5.41) is 0. The number of rotatable bonds is 10. The lowest BCUT2D eigenvalue weighted by Gasteiger charge is -2.23. The van der Waals surface area contributed by atoms with E-state index in [0.717, 1.165) is 23.2 Å². The lowest BCUT2D eigenvalue weighted by molar-refractivity contribution is -0.117. The molecule has 2 atom stereocenters. The zero-order valence-electron chi connectivity index (χ0n) is 14.2. The van der Waals surface area contributed by atoms with Crippen molar-refractivity contribution < 1.29 is 19.0 Å². The summed E-state index contributed by atoms with van der Waals surface area (Å²) >= 11 is 0. The summed E-state index contributed by atoms with van der Waals surface area (Å²) in [6.07, 6.45) is 0.745. The van der Waals surface area contributed by atoms with Crippen LogP contribution in [0.1, 0.15) is 24.5 Å². The van der Waals surface area contributed by atoms with Crippen molar-refractivity contribution in [3.05, 3.63) is 65.7 Å². The van der Waals surface area contributed by atoms with Gasteiger partial charge in [-0.05, 0) is 30.2 Å². The third kappa shape index (κ3) is 5.80. The molecule has 0 aromatic heterocycles. The van der Waals surface area contributed by atoms with Gasteiger partial charge in [0.25, 0.3) is 0 Å². The molecular weight excluding hydrogens is 304 g/mol. The second kappa shape index (κ2) is 9.85. The molecule has 24 heavy (non-hydrogen) atoms. The minimum Gasteiger partial charge on any atom is -0.497 e. The van der Waals surface area contributed by atoms with Gasteiger partial charge in [-0.2, -0.15) is 0 Å². The first kappa shape index (κ1) is 18.2. The molecule has 0 aliphatic heterocycles. The van der Waals surface area contributed by atoms with E-state index < -0.39 is 0 Å². The topological polar surface area (TPSA) is 44.8 Å². The Kier molecular flexibility index (Phi) is 7.46. The normalized spacial score (nSPS) is 13.2. The van der Waals surface area contributed by atoms with Gasteiger partial charge in [0.1, 0.15) is 12.0 Å². The maximum atomic E-state index is 10.9. The molecule has 0 N–H and O–H groups in total. The van der Waals surface area contributed by atoms with Crippen molar-refractivity contribution in [2.45, 2.75) is 38.8 Å². The Morgan fingerprint density at radius 2 is 1.54 bits per heavy atom. The third-order valence-electron chi connectivity index (χ3n) is 3.83. The molecule has 0 amide bonds. The summed E-state index contributed by atoms with van der Waals surface area (Å²) in [4.78, 5) is 10.9. The summed E-state index contributed by atoms with van der Waals surface area (Å²) in [5.74, 6) is 0.808. The Bertz CT molecular complexity index is 595. The first-order valence-corrected chi connectivity index (χ1v) is 8.06. The molecular formula is C20H24O4. The molecule has 0 aliphatic rings. The predicted molar refractivity (Wildman–Crippen MR) is 92.9 cm³/mol. The number of carbonyl (C=O) groups is 1. The van der Waals surface area contributed by atoms with Crippen LogP contribution in [0.15, 0.2) is 54.6 Å². The Balaban J connectivity index is 1.86. The van der Waals surface area contributed by atoms with Crippen molar-refractivity contribution in [2.24, 2.45) is 0 Å². The molecule has 0 heterocycles. The van der Waals surface area contributed by atoms with Crippen LogP contribution in [-0.2, 0) is 27.5 Å². The van der Waals surface area contributed by atoms with Gasteiger partial charge in [-0.25, -0.2) is 0 Å². The van der Waals surface area contributed by atoms with E-state index in [-0.39, 0.29) is 12.2 Å². The van der Waals surface area contributed by atoms with E-state index >= 15 is 0 Å². The lowest BCUT2D eigenvalue weighted by atomic mass is 10.1. The molecule has 0 saturated heterocycles. The van der Waals surface area contributed by atoms with Crippen molar-refractivity contribution in [1.82, 2.24) is 0 Å². The second-order valence-corrected chi connectivity index (χ2v) is 5.60. The zero-order chi connectivity index (χ0) is 17.2. The Hall–Kier alpha value is -2.17. The van der Waals surface area contributed by atoms with Crippen molar-refractivity contribution in [2.75, 3.05) is 7.11 Å². The van der Waals surface area contributed by atoms with Gasteiger partial charge in [0.15, 0.2) is 0 Å². The summed E-state index contributed by atoms with van der Waals surface area (Å²) in [6.45, 7) is 2.87. The van der Waals surface area contributed by atoms with Gasteiger partial charge in [0.05, 0.1) is 32.5 Å². The molecule has 0 fully saturated rings. The van der Waals surface area contributed by atoms with E-state index in [2.05, 4.69) is 0 Å². The number of carbonyl (C=O) groups excluding carboxylic acids is 1. The molecule has 0 bridgehead atoms. The van der Waals surface area contributed by atoms with Gasteiger partial charge < -0.3 is 19.0 Å². The number of hydrogen-bond donors (Lipinski definition) is 0. The van der Waals surface area contributed by atoms with Gasteiger partial charge in [0.2, 0.25) is 0 Å². The van der Waals surface area contributed by atoms with Crippen LogP contribution in [0.2, 0.25) is 0 Å². The van der Waals surface area contributed by atoms with Gasteiger partial charge in [-0.1, -0.05) is 42.5 Å². The highest BCUT2D eigenvalue weighted by atomic mass is 16.5. The minimum atomic E-state index is -0.270. The third-order valence-corrected chi connectivity index (χ3v) is 3.83. The smallest absolute Gasteiger partial charge is 0.122 e. The van der Waals surface area contributed by atoms with Gasteiger partial charge in [-0.15, -0.1) is 0 Å². The Morgan fingerprint density at radius 1 is 0.917 bits per heavy atom. The zero-order valence-corrected chi connectivity index (χ0v) is 14.2. The lowest BCUT2D eigenvalue weighted by Crippen LogP contribution is -2.29. The number of ether oxygens (including phenoxy) is 3. The molecule has 0 spiro atoms. The average molecular weight is 328 g/mol. The van der Waals surface area contributed by atoms with Crippen LogP contribution in [0.4, 0.5) is 0 Å². The molecule has 128 valence electrons. The van der Waals surface area contributed by atoms with Crippen molar-refractivity contribution >= 4 is 6.29 Å². The van der Waals surface area contributed by atoms with Crippen molar-refractivity contribution in [3.63, 3.8) is 0 Å². The van der Waals surface area contributed by atoms with Gasteiger partial charge in [-0.3, -0.25) is 0 Å². The quantitative estimate of drug-likeness (QED) is 0.623. The van der Waals surface area contributed by atoms with Crippen LogP contribution in [-0.4, -0.2) is 25.6 Å². The first-order chi connectivity index (χ1) is 11.7. The van der Waals surface area contributed by atoms with Crippen LogP contribution in [0.5, 0.6) is 5.75 Å². The van der Waals surface area contributed by atoms with Crippen LogP contribution in [0.3, 0.4) is 0 Å². The number of benzene rings is 2. The van der Waals surface area contributed by atoms with Crippen molar-refractivity contribution in [3.8, 4) is 5.75 Å². The van der Waals surface area contributed by atoms with Gasteiger partial charge in [0, 0.05) is 6.42 Å². The summed E-state index contributed by atoms with van der Waals surface area (Å²) in [6, 6.07) is 17.6. The standard InChI is InChI=1S/C20H24O4/c1-16(23-14-17-6-4-3-5-7-17)20(12-13-21)24-15-18-8-10-19(22-2)11-9-18/h3-11,13,16,20H,12,14-15H2,1-2H3/t16-,20+/m0/s1. The van der Waals surface area contributed by atoms with E-state index in [9.17, 15) is 4.79 Å². The summed E-state index contributed by atoms with van der Waals surface area (Å²) < 4.78 is 16.9. The largest absolute Gasteiger partial charge is 0.497 e. The monoisotopic (exact) mass is 328 g/mol. The highest BCUT2D eigenvalue weighted by Gasteiger charge is 2.18. The van der Waals surface area contributed by atoms with Crippen LogP contribution in [0, 0.1) is 0 Å². The van der Waals surface area contributed by atoms with Gasteiger partial charge >= 0.3 is 0 Å². The predicted octanol–water partition coefficient (Wildman–Crippen LogP) is 3.77. The maximum Gasteiger partial charge on any atom is 0.122 e. The molecule has 0 saturated carbocycles. The Morgan fingerprint density at radius 3 is 2.17 bits per heavy atom. The highest BCUT2D eigenvalue weighted by Crippen LogP contribution is 2.16. The van der Waals surface area contributed by atoms with Crippen molar-refractivity contribution in [1.29, 1.82) is 0 Å². The molecule has 4 heteroatoms. The number of methoxy groups -OCH3 is 1. The molecule has 0 aliphatic carbocycles. The van der Waals surface area contributed by atoms with E-state index in [4.69, 9.17) is 14.2 Å². The van der Waals surface area contributed by atoms with E-state index in [0.29, 0.717) is 19.6 Å². The number of hydrogen-bond acceptors (Lipinski definition) is 4. The second-order valence-electron chi connectivity index (χ2n) is 5.60. The van der Waals surface area contributed by atoms with E-state index in [1.165, 1.54) is 0 Å². The fraction of sp³-hybridized carbons (Fsp3) is 0.350.